The molecule has 5 rings (SSSR count). The number of nitrogens with one attached hydrogen (secondary N) is 2. The fourth-order valence-corrected chi connectivity index (χ4v) is 7.29. The number of ketones is 1. The smallest absolute Gasteiger partial charge is 0.292 e. The van der Waals surface area contributed by atoms with E-state index in [-0.39, 0.29) is 46.0 Å². The number of hydrogen-bond donors (Lipinski definition) is 2. The van der Waals surface area contributed by atoms with Crippen LogP contribution in [0.5, 0.6) is 0 Å². The van der Waals surface area contributed by atoms with E-state index in [0.29, 0.717) is 17.7 Å². The van der Waals surface area contributed by atoms with Crippen LogP contribution in [0.3, 0.4) is 0 Å². The van der Waals surface area contributed by atoms with Crippen molar-refractivity contribution in [1.82, 2.24) is 9.88 Å². The van der Waals surface area contributed by atoms with Gasteiger partial charge in [-0.1, -0.05) is 0 Å². The van der Waals surface area contributed by atoms with Crippen molar-refractivity contribution >= 4 is 33.1 Å². The fourth-order valence-electron chi connectivity index (χ4n) is 5.29. The van der Waals surface area contributed by atoms with Crippen LogP contribution < -0.4 is 10.6 Å². The lowest BCUT2D eigenvalue weighted by Crippen LogP contribution is -2.64. The molecule has 1 aliphatic carbocycles. The van der Waals surface area contributed by atoms with E-state index in [2.05, 4.69) is 10.6 Å². The number of carbonyl (C=O) groups excluding carboxylic acids is 3. The van der Waals surface area contributed by atoms with Gasteiger partial charge in [0.1, 0.15) is 17.3 Å². The van der Waals surface area contributed by atoms with Crippen LogP contribution in [-0.2, 0) is 21.1 Å². The Kier molecular flexibility index (Phi) is 4.81. The van der Waals surface area contributed by atoms with Gasteiger partial charge in [0.25, 0.3) is 17.6 Å². The summed E-state index contributed by atoms with van der Waals surface area (Å²) >= 11 is 0. The van der Waals surface area contributed by atoms with Gasteiger partial charge in [0.05, 0.1) is 22.6 Å². The number of nitrogens with zero attached hydrogens (tertiary/aromatic N) is 1. The minimum absolute atomic E-state index is 0.0276. The topological polar surface area (TPSA) is 114 Å². The van der Waals surface area contributed by atoms with Crippen molar-refractivity contribution in [2.75, 3.05) is 16.8 Å². The van der Waals surface area contributed by atoms with Crippen LogP contribution in [0.4, 0.5) is 14.5 Å². The van der Waals surface area contributed by atoms with Gasteiger partial charge in [0.15, 0.2) is 9.84 Å². The second kappa shape index (κ2) is 7.21. The van der Waals surface area contributed by atoms with Crippen molar-refractivity contribution in [2.45, 2.75) is 45.2 Å². The Morgan fingerprint density at radius 1 is 1.09 bits per heavy atom. The molecular formula is C23H23F2N3O5S. The molecule has 0 bridgehead atoms. The van der Waals surface area contributed by atoms with E-state index < -0.39 is 44.6 Å². The maximum Gasteiger partial charge on any atom is 0.292 e. The van der Waals surface area contributed by atoms with Gasteiger partial charge >= 0.3 is 0 Å². The van der Waals surface area contributed by atoms with Crippen molar-refractivity contribution in [3.8, 4) is 0 Å². The molecule has 1 aromatic heterocycles. The van der Waals surface area contributed by atoms with E-state index in [1.54, 1.807) is 18.4 Å². The first kappa shape index (κ1) is 22.7. The Morgan fingerprint density at radius 3 is 2.29 bits per heavy atom. The SMILES string of the molecule is Cc1c(F)cc(NC(=O)c2c(C)c(C(=O)C(=O)NC3(C)CS(=O)(=O)C3)c3n2[C@@H]2C[C@@H]2C3)cc1F. The Labute approximate surface area is 194 Å². The van der Waals surface area contributed by atoms with Gasteiger partial charge < -0.3 is 15.2 Å². The number of benzene rings is 1. The Hall–Kier alpha value is -3.08. The maximum atomic E-state index is 14.0. The van der Waals surface area contributed by atoms with Crippen molar-refractivity contribution in [1.29, 1.82) is 0 Å². The molecule has 8 nitrogen and oxygen atoms in total. The van der Waals surface area contributed by atoms with Gasteiger partial charge in [-0.2, -0.15) is 0 Å². The third kappa shape index (κ3) is 3.53. The molecule has 2 atom stereocenters. The van der Waals surface area contributed by atoms with Gasteiger partial charge in [-0.25, -0.2) is 17.2 Å². The first-order valence-corrected chi connectivity index (χ1v) is 12.7. The average molecular weight is 492 g/mol. The Bertz CT molecular complexity index is 1380. The number of halogens is 2. The summed E-state index contributed by atoms with van der Waals surface area (Å²) in [5.41, 5.74) is -0.0447. The molecule has 11 heteroatoms. The molecule has 0 unspecified atom stereocenters. The van der Waals surface area contributed by atoms with Crippen LogP contribution in [0.15, 0.2) is 12.1 Å². The Balaban J connectivity index is 1.46. The molecule has 34 heavy (non-hydrogen) atoms. The monoisotopic (exact) mass is 491 g/mol. The summed E-state index contributed by atoms with van der Waals surface area (Å²) < 4.78 is 52.7. The number of rotatable bonds is 5. The molecule has 3 heterocycles. The van der Waals surface area contributed by atoms with Gasteiger partial charge in [0.2, 0.25) is 0 Å². The first-order valence-electron chi connectivity index (χ1n) is 10.9. The molecule has 1 saturated heterocycles. The molecule has 2 aromatic rings. The standard InChI is InChI=1S/C23H23F2N3O5S/c1-10-14(24)6-13(7-15(10)25)26-21(30)19-11(2)18(17-5-12-4-16(12)28(17)19)20(29)22(31)27-23(3)8-34(32,33)9-23/h6-7,12,16H,4-5,8-9H2,1-3H3,(H,26,30)(H,27,31)/t12-,16-/m1/s1. The predicted molar refractivity (Wildman–Crippen MR) is 119 cm³/mol. The third-order valence-corrected chi connectivity index (χ3v) is 9.06. The van der Waals surface area contributed by atoms with Crippen molar-refractivity contribution in [3.05, 3.63) is 51.8 Å². The highest BCUT2D eigenvalue weighted by Gasteiger charge is 2.51. The number of sulfone groups is 1. The minimum atomic E-state index is -3.23. The van der Waals surface area contributed by atoms with E-state index in [4.69, 9.17) is 0 Å². The zero-order valence-corrected chi connectivity index (χ0v) is 19.6. The number of carbonyl (C=O) groups is 3. The summed E-state index contributed by atoms with van der Waals surface area (Å²) in [6.45, 7) is 4.41. The normalized spacial score (nSPS) is 22.9. The predicted octanol–water partition coefficient (Wildman–Crippen LogP) is 2.24. The molecule has 2 N–H and O–H groups in total. The zero-order valence-electron chi connectivity index (χ0n) is 18.8. The van der Waals surface area contributed by atoms with Gasteiger partial charge in [-0.3, -0.25) is 14.4 Å². The highest BCUT2D eigenvalue weighted by atomic mass is 32.2. The summed E-state index contributed by atoms with van der Waals surface area (Å²) in [7, 11) is -3.23. The molecule has 0 radical (unpaired) electrons. The van der Waals surface area contributed by atoms with Crippen LogP contribution in [0, 0.1) is 31.4 Å². The average Bonchev–Trinajstić information content (AvgIpc) is 3.27. The van der Waals surface area contributed by atoms with Crippen LogP contribution in [0.1, 0.15) is 57.1 Å². The largest absolute Gasteiger partial charge is 0.342 e. The van der Waals surface area contributed by atoms with Gasteiger partial charge in [0, 0.05) is 23.0 Å². The van der Waals surface area contributed by atoms with E-state index in [9.17, 15) is 31.6 Å². The Morgan fingerprint density at radius 2 is 1.71 bits per heavy atom. The molecule has 0 spiro atoms. The number of hydrogen-bond acceptors (Lipinski definition) is 5. The van der Waals surface area contributed by atoms with Gasteiger partial charge in [-0.05, 0) is 57.2 Å². The molecule has 2 aliphatic heterocycles. The molecule has 1 aromatic carbocycles. The molecule has 2 amide bonds. The summed E-state index contributed by atoms with van der Waals surface area (Å²) in [6.07, 6.45) is 1.37. The van der Waals surface area contributed by atoms with Crippen LogP contribution in [-0.4, -0.2) is 47.6 Å². The summed E-state index contributed by atoms with van der Waals surface area (Å²) in [6, 6.07) is 2.07. The molecule has 2 fully saturated rings. The number of Topliss-reactive ketones (excluding diaryl/α,β-unsaturated/α-hetero) is 1. The van der Waals surface area contributed by atoms with E-state index >= 15 is 0 Å². The molecule has 180 valence electrons. The number of fused-ring (bicyclic) bond motifs is 3. The highest BCUT2D eigenvalue weighted by molar-refractivity contribution is 7.93. The van der Waals surface area contributed by atoms with E-state index in [1.807, 2.05) is 0 Å². The van der Waals surface area contributed by atoms with Crippen molar-refractivity contribution in [3.63, 3.8) is 0 Å². The highest BCUT2D eigenvalue weighted by Crippen LogP contribution is 2.54. The van der Waals surface area contributed by atoms with E-state index in [0.717, 1.165) is 18.6 Å². The number of amides is 2. The second-order valence-corrected chi connectivity index (χ2v) is 11.9. The van der Waals surface area contributed by atoms with E-state index in [1.165, 1.54) is 6.92 Å². The van der Waals surface area contributed by atoms with Crippen molar-refractivity contribution < 1.29 is 31.6 Å². The summed E-state index contributed by atoms with van der Waals surface area (Å²) in [5, 5.41) is 5.03. The number of anilines is 1. The van der Waals surface area contributed by atoms with Gasteiger partial charge in [-0.15, -0.1) is 0 Å². The van der Waals surface area contributed by atoms with Crippen molar-refractivity contribution in [2.24, 2.45) is 5.92 Å². The fraction of sp³-hybridized carbons (Fsp3) is 0.435. The number of aromatic nitrogens is 1. The van der Waals surface area contributed by atoms with Crippen LogP contribution in [0.25, 0.3) is 0 Å². The minimum Gasteiger partial charge on any atom is -0.342 e. The lowest BCUT2D eigenvalue weighted by molar-refractivity contribution is -0.118. The van der Waals surface area contributed by atoms with Crippen LogP contribution in [0.2, 0.25) is 0 Å². The molecule has 1 saturated carbocycles. The first-order chi connectivity index (χ1) is 15.8. The molecular weight excluding hydrogens is 468 g/mol. The van der Waals surface area contributed by atoms with Crippen LogP contribution >= 0.6 is 0 Å². The summed E-state index contributed by atoms with van der Waals surface area (Å²) in [4.78, 5) is 39.0. The lowest BCUT2D eigenvalue weighted by Gasteiger charge is -2.38. The maximum absolute atomic E-state index is 14.0. The molecule has 3 aliphatic rings. The second-order valence-electron chi connectivity index (χ2n) is 9.83. The zero-order chi connectivity index (χ0) is 24.7. The quantitative estimate of drug-likeness (QED) is 0.492. The third-order valence-electron chi connectivity index (χ3n) is 6.90. The summed E-state index contributed by atoms with van der Waals surface area (Å²) in [5.74, 6) is -4.21. The lowest BCUT2D eigenvalue weighted by atomic mass is 10.0.